The lowest BCUT2D eigenvalue weighted by Crippen LogP contribution is -2.44. The van der Waals surface area contributed by atoms with Crippen molar-refractivity contribution in [3.05, 3.63) is 35.6 Å². The van der Waals surface area contributed by atoms with Crippen LogP contribution in [-0.2, 0) is 9.59 Å². The minimum absolute atomic E-state index is 0.130. The number of carbonyl (C=O) groups is 2. The van der Waals surface area contributed by atoms with Crippen LogP contribution in [0.25, 0.3) is 0 Å². The van der Waals surface area contributed by atoms with E-state index in [-0.39, 0.29) is 17.6 Å². The summed E-state index contributed by atoms with van der Waals surface area (Å²) in [4.78, 5) is 25.0. The number of benzene rings is 1. The molecule has 1 aromatic rings. The monoisotopic (exact) mass is 311 g/mol. The van der Waals surface area contributed by atoms with E-state index in [1.54, 1.807) is 18.2 Å². The molecule has 2 unspecified atom stereocenters. The summed E-state index contributed by atoms with van der Waals surface area (Å²) in [7, 11) is 0. The Hall–Kier alpha value is -1.56. The van der Waals surface area contributed by atoms with Crippen LogP contribution in [0.1, 0.15) is 31.2 Å². The van der Waals surface area contributed by atoms with Crippen LogP contribution in [0.15, 0.2) is 24.3 Å². The zero-order chi connectivity index (χ0) is 15.6. The highest BCUT2D eigenvalue weighted by Crippen LogP contribution is 2.41. The van der Waals surface area contributed by atoms with Crippen molar-refractivity contribution in [2.45, 2.75) is 31.7 Å². The molecule has 1 N–H and O–H groups in total. The maximum atomic E-state index is 14.0. The Labute approximate surface area is 127 Å². The van der Waals surface area contributed by atoms with Gasteiger partial charge in [0.05, 0.1) is 5.75 Å². The van der Waals surface area contributed by atoms with Gasteiger partial charge >= 0.3 is 5.97 Å². The van der Waals surface area contributed by atoms with Gasteiger partial charge in [0.25, 0.3) is 0 Å². The molecule has 0 aliphatic carbocycles. The predicted octanol–water partition coefficient (Wildman–Crippen LogP) is 2.90. The third-order valence-electron chi connectivity index (χ3n) is 3.39. The highest BCUT2D eigenvalue weighted by Gasteiger charge is 2.41. The molecule has 6 heteroatoms. The third-order valence-corrected chi connectivity index (χ3v) is 4.60. The average molecular weight is 311 g/mol. The van der Waals surface area contributed by atoms with E-state index in [0.29, 0.717) is 12.0 Å². The van der Waals surface area contributed by atoms with Crippen LogP contribution < -0.4 is 0 Å². The van der Waals surface area contributed by atoms with Gasteiger partial charge in [-0.1, -0.05) is 32.0 Å². The number of nitrogens with zero attached hydrogens (tertiary/aromatic N) is 1. The van der Waals surface area contributed by atoms with Gasteiger partial charge in [0.1, 0.15) is 17.2 Å². The smallest absolute Gasteiger partial charge is 0.326 e. The van der Waals surface area contributed by atoms with Crippen molar-refractivity contribution in [2.24, 2.45) is 5.92 Å². The third kappa shape index (κ3) is 3.37. The van der Waals surface area contributed by atoms with E-state index in [2.05, 4.69) is 0 Å². The maximum Gasteiger partial charge on any atom is 0.326 e. The molecule has 0 saturated carbocycles. The fraction of sp³-hybridized carbons (Fsp3) is 0.467. The molecule has 4 nitrogen and oxygen atoms in total. The number of hydrogen-bond acceptors (Lipinski definition) is 3. The van der Waals surface area contributed by atoms with Crippen molar-refractivity contribution in [3.63, 3.8) is 0 Å². The fourth-order valence-corrected chi connectivity index (χ4v) is 3.71. The van der Waals surface area contributed by atoms with Crippen molar-refractivity contribution in [1.29, 1.82) is 0 Å². The number of hydrogen-bond donors (Lipinski definition) is 1. The molecule has 1 aliphatic heterocycles. The van der Waals surface area contributed by atoms with Gasteiger partial charge in [-0.05, 0) is 18.4 Å². The summed E-state index contributed by atoms with van der Waals surface area (Å²) in [5.74, 6) is -1.39. The van der Waals surface area contributed by atoms with Gasteiger partial charge in [0.15, 0.2) is 0 Å². The molecule has 1 fully saturated rings. The molecule has 1 aliphatic rings. The number of carboxylic acid groups (broad SMARTS) is 1. The van der Waals surface area contributed by atoms with Crippen LogP contribution >= 0.6 is 11.8 Å². The molecule has 2 rings (SSSR count). The Morgan fingerprint density at radius 1 is 1.48 bits per heavy atom. The van der Waals surface area contributed by atoms with Crippen LogP contribution in [0, 0.1) is 11.7 Å². The molecule has 1 saturated heterocycles. The second-order valence-electron chi connectivity index (χ2n) is 5.47. The molecule has 1 heterocycles. The molecule has 1 amide bonds. The number of rotatable bonds is 5. The average Bonchev–Trinajstić information content (AvgIpc) is 2.78. The summed E-state index contributed by atoms with van der Waals surface area (Å²) in [6.45, 7) is 3.81. The zero-order valence-corrected chi connectivity index (χ0v) is 12.8. The Balaban J connectivity index is 2.36. The molecule has 0 aromatic heterocycles. The first kappa shape index (κ1) is 15.8. The van der Waals surface area contributed by atoms with Gasteiger partial charge in [-0.2, -0.15) is 0 Å². The second-order valence-corrected chi connectivity index (χ2v) is 6.54. The summed E-state index contributed by atoms with van der Waals surface area (Å²) >= 11 is 1.27. The zero-order valence-electron chi connectivity index (χ0n) is 12.0. The van der Waals surface area contributed by atoms with Gasteiger partial charge in [-0.25, -0.2) is 9.18 Å². The molecule has 114 valence electrons. The quantitative estimate of drug-likeness (QED) is 0.908. The van der Waals surface area contributed by atoms with Crippen molar-refractivity contribution < 1.29 is 19.1 Å². The first-order chi connectivity index (χ1) is 9.91. The fourth-order valence-electron chi connectivity index (χ4n) is 2.47. The van der Waals surface area contributed by atoms with Gasteiger partial charge < -0.3 is 10.0 Å². The number of amides is 1. The second kappa shape index (κ2) is 6.47. The highest BCUT2D eigenvalue weighted by atomic mass is 32.2. The van der Waals surface area contributed by atoms with Crippen molar-refractivity contribution in [3.8, 4) is 0 Å². The molecule has 1 aromatic carbocycles. The van der Waals surface area contributed by atoms with E-state index in [0.717, 1.165) is 0 Å². The predicted molar refractivity (Wildman–Crippen MR) is 79.3 cm³/mol. The summed E-state index contributed by atoms with van der Waals surface area (Å²) in [6, 6.07) is 5.28. The van der Waals surface area contributed by atoms with E-state index < -0.39 is 23.2 Å². The minimum atomic E-state index is -1.04. The number of thioether (sulfide) groups is 1. The molecule has 2 atom stereocenters. The number of aliphatic carboxylic acids is 1. The Kier molecular flexibility index (Phi) is 4.88. The van der Waals surface area contributed by atoms with E-state index in [1.165, 1.54) is 22.7 Å². The van der Waals surface area contributed by atoms with Gasteiger partial charge in [-0.15, -0.1) is 11.8 Å². The van der Waals surface area contributed by atoms with Crippen LogP contribution in [0.3, 0.4) is 0 Å². The standard InChI is InChI=1S/C15H18FNO3S/c1-9(2)7-12(15(19)20)17-13(18)8-21-14(17)10-5-3-4-6-11(10)16/h3-6,9,12,14H,7-8H2,1-2H3,(H,19,20). The highest BCUT2D eigenvalue weighted by molar-refractivity contribution is 8.00. The lowest BCUT2D eigenvalue weighted by Gasteiger charge is -2.31. The number of halogens is 1. The number of carbonyl (C=O) groups excluding carboxylic acids is 1. The Morgan fingerprint density at radius 2 is 2.14 bits per heavy atom. The van der Waals surface area contributed by atoms with E-state index in [1.807, 2.05) is 13.8 Å². The van der Waals surface area contributed by atoms with Crippen LogP contribution in [-0.4, -0.2) is 33.7 Å². The molecule has 21 heavy (non-hydrogen) atoms. The maximum absolute atomic E-state index is 14.0. The van der Waals surface area contributed by atoms with Crippen LogP contribution in [0.2, 0.25) is 0 Å². The molecule has 0 spiro atoms. The van der Waals surface area contributed by atoms with Crippen molar-refractivity contribution >= 4 is 23.6 Å². The lowest BCUT2D eigenvalue weighted by molar-refractivity contribution is -0.150. The van der Waals surface area contributed by atoms with Crippen molar-refractivity contribution in [1.82, 2.24) is 4.90 Å². The molecule has 0 bridgehead atoms. The van der Waals surface area contributed by atoms with E-state index in [4.69, 9.17) is 0 Å². The first-order valence-corrected chi connectivity index (χ1v) is 7.86. The largest absolute Gasteiger partial charge is 0.480 e. The van der Waals surface area contributed by atoms with E-state index >= 15 is 0 Å². The Bertz CT molecular complexity index is 549. The van der Waals surface area contributed by atoms with Crippen LogP contribution in [0.5, 0.6) is 0 Å². The summed E-state index contributed by atoms with van der Waals surface area (Å²) < 4.78 is 14.0. The SMILES string of the molecule is CC(C)CC(C(=O)O)N1C(=O)CSC1c1ccccc1F. The number of carboxylic acids is 1. The normalized spacial score (nSPS) is 20.1. The lowest BCUT2D eigenvalue weighted by atomic mass is 10.0. The summed E-state index contributed by atoms with van der Waals surface area (Å²) in [5.41, 5.74) is 0.364. The summed E-state index contributed by atoms with van der Waals surface area (Å²) in [6.07, 6.45) is 0.354. The minimum Gasteiger partial charge on any atom is -0.480 e. The van der Waals surface area contributed by atoms with E-state index in [9.17, 15) is 19.1 Å². The molecule has 0 radical (unpaired) electrons. The van der Waals surface area contributed by atoms with Gasteiger partial charge in [-0.3, -0.25) is 4.79 Å². The van der Waals surface area contributed by atoms with Gasteiger partial charge in [0.2, 0.25) is 5.91 Å². The Morgan fingerprint density at radius 3 is 2.71 bits per heavy atom. The molecular formula is C15H18FNO3S. The van der Waals surface area contributed by atoms with Gasteiger partial charge in [0, 0.05) is 5.56 Å². The molecular weight excluding hydrogens is 293 g/mol. The summed E-state index contributed by atoms with van der Waals surface area (Å²) in [5, 5.41) is 8.87. The topological polar surface area (TPSA) is 57.6 Å². The van der Waals surface area contributed by atoms with Crippen molar-refractivity contribution in [2.75, 3.05) is 5.75 Å². The first-order valence-electron chi connectivity index (χ1n) is 6.81. The van der Waals surface area contributed by atoms with Crippen LogP contribution in [0.4, 0.5) is 4.39 Å².